The minimum absolute atomic E-state index is 0.165. The van der Waals surface area contributed by atoms with E-state index in [4.69, 9.17) is 9.47 Å². The van der Waals surface area contributed by atoms with Crippen LogP contribution in [0, 0.1) is 0 Å². The summed E-state index contributed by atoms with van der Waals surface area (Å²) in [6.45, 7) is 0. The average Bonchev–Trinajstić information content (AvgIpc) is 2.46. The lowest BCUT2D eigenvalue weighted by molar-refractivity contribution is 0.172. The van der Waals surface area contributed by atoms with Gasteiger partial charge < -0.3 is 19.7 Å². The summed E-state index contributed by atoms with van der Waals surface area (Å²) in [7, 11) is 1.56. The van der Waals surface area contributed by atoms with E-state index in [-0.39, 0.29) is 17.6 Å². The zero-order valence-corrected chi connectivity index (χ0v) is 11.2. The van der Waals surface area contributed by atoms with Crippen molar-refractivity contribution >= 4 is 0 Å². The third-order valence-corrected chi connectivity index (χ3v) is 3.58. The normalized spacial score (nSPS) is 17.1. The van der Waals surface area contributed by atoms with Crippen LogP contribution in [0.5, 0.6) is 23.0 Å². The van der Waals surface area contributed by atoms with Crippen LogP contribution in [0.15, 0.2) is 36.4 Å². The Morgan fingerprint density at radius 2 is 2.00 bits per heavy atom. The summed E-state index contributed by atoms with van der Waals surface area (Å²) >= 11 is 0. The van der Waals surface area contributed by atoms with Crippen LogP contribution in [-0.2, 0) is 6.42 Å². The van der Waals surface area contributed by atoms with Crippen LogP contribution in [0.1, 0.15) is 23.7 Å². The van der Waals surface area contributed by atoms with E-state index in [0.29, 0.717) is 11.5 Å². The van der Waals surface area contributed by atoms with Gasteiger partial charge in [-0.05, 0) is 36.6 Å². The van der Waals surface area contributed by atoms with E-state index in [2.05, 4.69) is 0 Å². The largest absolute Gasteiger partial charge is 0.508 e. The van der Waals surface area contributed by atoms with Crippen molar-refractivity contribution in [2.75, 3.05) is 7.11 Å². The van der Waals surface area contributed by atoms with E-state index in [0.717, 1.165) is 24.0 Å². The number of phenols is 2. The van der Waals surface area contributed by atoms with Gasteiger partial charge in [-0.15, -0.1) is 0 Å². The molecule has 2 aromatic carbocycles. The molecular weight excluding hydrogens is 256 g/mol. The van der Waals surface area contributed by atoms with Gasteiger partial charge in [-0.2, -0.15) is 0 Å². The molecule has 1 aliphatic rings. The van der Waals surface area contributed by atoms with Crippen molar-refractivity contribution < 1.29 is 19.7 Å². The van der Waals surface area contributed by atoms with Crippen molar-refractivity contribution in [1.29, 1.82) is 0 Å². The van der Waals surface area contributed by atoms with Gasteiger partial charge in [0.05, 0.1) is 7.11 Å². The van der Waals surface area contributed by atoms with Gasteiger partial charge in [-0.3, -0.25) is 0 Å². The van der Waals surface area contributed by atoms with Crippen LogP contribution in [-0.4, -0.2) is 17.3 Å². The number of methoxy groups -OCH3 is 1. The molecule has 1 atom stereocenters. The lowest BCUT2D eigenvalue weighted by Gasteiger charge is -2.27. The first-order valence-corrected chi connectivity index (χ1v) is 6.53. The molecule has 3 rings (SSSR count). The van der Waals surface area contributed by atoms with Gasteiger partial charge in [0.25, 0.3) is 0 Å². The van der Waals surface area contributed by atoms with E-state index in [9.17, 15) is 10.2 Å². The van der Waals surface area contributed by atoms with Crippen molar-refractivity contribution in [2.45, 2.75) is 18.9 Å². The molecule has 0 fully saturated rings. The molecule has 0 bridgehead atoms. The predicted molar refractivity (Wildman–Crippen MR) is 74.5 cm³/mol. The molecule has 0 saturated carbocycles. The number of benzene rings is 2. The van der Waals surface area contributed by atoms with Crippen LogP contribution in [0.3, 0.4) is 0 Å². The molecule has 4 nitrogen and oxygen atoms in total. The lowest BCUT2D eigenvalue weighted by Crippen LogP contribution is -2.15. The van der Waals surface area contributed by atoms with Gasteiger partial charge in [0.2, 0.25) is 0 Å². The first-order chi connectivity index (χ1) is 9.67. The standard InChI is InChI=1S/C16H16O4/c1-19-12-5-6-13(14(18)9-12)15-7-3-10-2-4-11(17)8-16(10)20-15/h2,4-6,8-9,15,17-18H,3,7H2,1H3/t15-/m1/s1. The molecule has 104 valence electrons. The monoisotopic (exact) mass is 272 g/mol. The molecular formula is C16H16O4. The maximum absolute atomic E-state index is 10.1. The summed E-state index contributed by atoms with van der Waals surface area (Å²) in [6, 6.07) is 10.3. The molecule has 0 aliphatic carbocycles. The van der Waals surface area contributed by atoms with E-state index in [1.807, 2.05) is 12.1 Å². The van der Waals surface area contributed by atoms with Crippen molar-refractivity contribution in [3.8, 4) is 23.0 Å². The molecule has 0 aromatic heterocycles. The summed E-state index contributed by atoms with van der Waals surface area (Å²) in [4.78, 5) is 0. The maximum atomic E-state index is 10.1. The second-order valence-corrected chi connectivity index (χ2v) is 4.86. The van der Waals surface area contributed by atoms with Crippen LogP contribution in [0.2, 0.25) is 0 Å². The number of fused-ring (bicyclic) bond motifs is 1. The molecule has 1 aliphatic heterocycles. The Bertz CT molecular complexity index is 636. The van der Waals surface area contributed by atoms with Gasteiger partial charge in [0, 0.05) is 17.7 Å². The number of phenolic OH excluding ortho intramolecular Hbond substituents is 2. The number of ether oxygens (including phenoxy) is 2. The summed E-state index contributed by atoms with van der Waals surface area (Å²) in [6.07, 6.45) is 1.43. The highest BCUT2D eigenvalue weighted by atomic mass is 16.5. The lowest BCUT2D eigenvalue weighted by atomic mass is 9.96. The highest BCUT2D eigenvalue weighted by Gasteiger charge is 2.24. The van der Waals surface area contributed by atoms with E-state index in [1.54, 1.807) is 31.4 Å². The zero-order valence-electron chi connectivity index (χ0n) is 11.2. The number of aromatic hydroxyl groups is 2. The molecule has 0 spiro atoms. The molecule has 20 heavy (non-hydrogen) atoms. The van der Waals surface area contributed by atoms with Gasteiger partial charge in [-0.1, -0.05) is 6.07 Å². The van der Waals surface area contributed by atoms with Gasteiger partial charge in [-0.25, -0.2) is 0 Å². The minimum atomic E-state index is -0.213. The average molecular weight is 272 g/mol. The Hall–Kier alpha value is -2.36. The third kappa shape index (κ3) is 2.25. The summed E-state index contributed by atoms with van der Waals surface area (Å²) in [5, 5.41) is 19.6. The summed E-state index contributed by atoms with van der Waals surface area (Å²) in [5.41, 5.74) is 1.81. The van der Waals surface area contributed by atoms with Crippen LogP contribution < -0.4 is 9.47 Å². The third-order valence-electron chi connectivity index (χ3n) is 3.58. The Balaban J connectivity index is 1.90. The quantitative estimate of drug-likeness (QED) is 0.881. The van der Waals surface area contributed by atoms with Crippen LogP contribution >= 0.6 is 0 Å². The van der Waals surface area contributed by atoms with Crippen molar-refractivity contribution in [1.82, 2.24) is 0 Å². The minimum Gasteiger partial charge on any atom is -0.508 e. The second-order valence-electron chi connectivity index (χ2n) is 4.86. The summed E-state index contributed by atoms with van der Waals surface area (Å²) < 4.78 is 11.0. The molecule has 2 N–H and O–H groups in total. The van der Waals surface area contributed by atoms with E-state index >= 15 is 0 Å². The van der Waals surface area contributed by atoms with Crippen molar-refractivity contribution in [2.24, 2.45) is 0 Å². The van der Waals surface area contributed by atoms with Crippen molar-refractivity contribution in [3.05, 3.63) is 47.5 Å². The maximum Gasteiger partial charge on any atom is 0.128 e. The van der Waals surface area contributed by atoms with Crippen LogP contribution in [0.25, 0.3) is 0 Å². The Morgan fingerprint density at radius 3 is 2.75 bits per heavy atom. The molecule has 0 amide bonds. The molecule has 2 aromatic rings. The fourth-order valence-corrected chi connectivity index (χ4v) is 2.50. The molecule has 1 heterocycles. The number of hydrogen-bond donors (Lipinski definition) is 2. The topological polar surface area (TPSA) is 58.9 Å². The van der Waals surface area contributed by atoms with Crippen molar-refractivity contribution in [3.63, 3.8) is 0 Å². The first-order valence-electron chi connectivity index (χ1n) is 6.53. The molecule has 0 unspecified atom stereocenters. The Morgan fingerprint density at radius 1 is 1.15 bits per heavy atom. The molecule has 0 saturated heterocycles. The van der Waals surface area contributed by atoms with Gasteiger partial charge >= 0.3 is 0 Å². The predicted octanol–water partition coefficient (Wildman–Crippen LogP) is 3.17. The highest BCUT2D eigenvalue weighted by molar-refractivity contribution is 5.45. The number of hydrogen-bond acceptors (Lipinski definition) is 4. The second kappa shape index (κ2) is 4.96. The summed E-state index contributed by atoms with van der Waals surface area (Å²) in [5.74, 6) is 1.64. The fourth-order valence-electron chi connectivity index (χ4n) is 2.50. The van der Waals surface area contributed by atoms with Crippen LogP contribution in [0.4, 0.5) is 0 Å². The van der Waals surface area contributed by atoms with Gasteiger partial charge in [0.15, 0.2) is 0 Å². The SMILES string of the molecule is COc1ccc([C@H]2CCc3ccc(O)cc3O2)c(O)c1. The smallest absolute Gasteiger partial charge is 0.128 e. The Labute approximate surface area is 117 Å². The van der Waals surface area contributed by atoms with E-state index < -0.39 is 0 Å². The Kier molecular flexibility index (Phi) is 3.14. The zero-order chi connectivity index (χ0) is 14.1. The number of rotatable bonds is 2. The highest BCUT2D eigenvalue weighted by Crippen LogP contribution is 2.40. The molecule has 4 heteroatoms. The number of aryl methyl sites for hydroxylation is 1. The fraction of sp³-hybridized carbons (Fsp3) is 0.250. The van der Waals surface area contributed by atoms with E-state index in [1.165, 1.54) is 0 Å². The van der Waals surface area contributed by atoms with Gasteiger partial charge in [0.1, 0.15) is 29.1 Å². The first kappa shape index (κ1) is 12.7. The molecule has 0 radical (unpaired) electrons.